The Balaban J connectivity index is 0.000000297. The van der Waals surface area contributed by atoms with Crippen molar-refractivity contribution in [3.8, 4) is 0 Å². The van der Waals surface area contributed by atoms with Crippen molar-refractivity contribution in [1.29, 1.82) is 0 Å². The van der Waals surface area contributed by atoms with Crippen LogP contribution in [-0.4, -0.2) is 28.0 Å². The topological polar surface area (TPSA) is 48.4 Å². The highest BCUT2D eigenvalue weighted by Crippen LogP contribution is 2.40. The van der Waals surface area contributed by atoms with Crippen molar-refractivity contribution < 1.29 is 4.89 Å². The van der Waals surface area contributed by atoms with Gasteiger partial charge in [0.05, 0.1) is 11.6 Å². The Morgan fingerprint density at radius 1 is 1.32 bits per heavy atom. The fraction of sp³-hybridized carbons (Fsp3) is 0.250. The summed E-state index contributed by atoms with van der Waals surface area (Å²) in [7, 11) is 0. The summed E-state index contributed by atoms with van der Waals surface area (Å²) in [6.45, 7) is -0.827. The number of alkyl halides is 1. The van der Waals surface area contributed by atoms with Gasteiger partial charge in [-0.05, 0) is 28.5 Å². The first-order valence-electron chi connectivity index (χ1n) is 5.63. The average molecular weight is 338 g/mol. The van der Waals surface area contributed by atoms with E-state index in [1.165, 1.54) is 22.2 Å². The molecule has 2 heterocycles. The third-order valence-electron chi connectivity index (χ3n) is 2.86. The molecule has 0 atom stereocenters. The number of aromatic amines is 1. The van der Waals surface area contributed by atoms with E-state index in [0.717, 1.165) is 18.7 Å². The lowest BCUT2D eigenvalue weighted by atomic mass is 10.0. The van der Waals surface area contributed by atoms with Gasteiger partial charge in [0.1, 0.15) is 0 Å². The van der Waals surface area contributed by atoms with Gasteiger partial charge >= 0.3 is 0 Å². The molecule has 0 fully saturated rings. The van der Waals surface area contributed by atoms with Crippen molar-refractivity contribution >= 4 is 57.6 Å². The van der Waals surface area contributed by atoms with Crippen LogP contribution in [0.4, 0.5) is 0 Å². The standard InChI is InChI=1S/C12H11ClN2.Cl2HOP/c13-7-11-12-8-3-1-2-4-9(8)15-10(12)5-6-14-11;1-4(2)3/h1-4,15H,5-7H2;3H. The Kier molecular flexibility index (Phi) is 5.49. The first-order valence-corrected chi connectivity index (χ1v) is 9.27. The van der Waals surface area contributed by atoms with Crippen LogP contribution in [0.2, 0.25) is 0 Å². The van der Waals surface area contributed by atoms with Crippen LogP contribution in [0.25, 0.3) is 10.9 Å². The SMILES string of the molecule is ClCC1=NCCc2[nH]c3ccccc3c21.OP(Cl)Cl. The molecule has 0 amide bonds. The molecule has 2 aromatic rings. The number of benzene rings is 1. The van der Waals surface area contributed by atoms with E-state index in [-0.39, 0.29) is 0 Å². The molecule has 102 valence electrons. The first-order chi connectivity index (χ1) is 9.13. The molecule has 2 N–H and O–H groups in total. The van der Waals surface area contributed by atoms with Gasteiger partial charge in [-0.25, -0.2) is 0 Å². The van der Waals surface area contributed by atoms with Gasteiger partial charge in [0.25, 0.3) is 0 Å². The minimum atomic E-state index is -1.68. The van der Waals surface area contributed by atoms with Crippen molar-refractivity contribution in [3.63, 3.8) is 0 Å². The zero-order chi connectivity index (χ0) is 13.8. The quantitative estimate of drug-likeness (QED) is 0.587. The fourth-order valence-corrected chi connectivity index (χ4v) is 2.42. The molecule has 0 saturated carbocycles. The Bertz CT molecular complexity index is 595. The number of fused-ring (bicyclic) bond motifs is 3. The molecule has 0 saturated heterocycles. The summed E-state index contributed by atoms with van der Waals surface area (Å²) in [5.74, 6) is 0.495. The molecule has 0 bridgehead atoms. The summed E-state index contributed by atoms with van der Waals surface area (Å²) in [6, 6.07) is 8.32. The Morgan fingerprint density at radius 3 is 2.68 bits per heavy atom. The molecule has 3 rings (SSSR count). The Hall–Kier alpha value is -0.310. The van der Waals surface area contributed by atoms with E-state index in [1.807, 2.05) is 6.07 Å². The van der Waals surface area contributed by atoms with Gasteiger partial charge in [0.15, 0.2) is 0 Å². The van der Waals surface area contributed by atoms with Crippen LogP contribution in [0.1, 0.15) is 11.3 Å². The number of nitrogens with zero attached hydrogens (tertiary/aromatic N) is 1. The van der Waals surface area contributed by atoms with Crippen LogP contribution in [0, 0.1) is 0 Å². The van der Waals surface area contributed by atoms with Gasteiger partial charge in [-0.15, -0.1) is 11.6 Å². The average Bonchev–Trinajstić information content (AvgIpc) is 2.76. The summed E-state index contributed by atoms with van der Waals surface area (Å²) in [4.78, 5) is 15.6. The van der Waals surface area contributed by atoms with E-state index in [4.69, 9.17) is 16.5 Å². The van der Waals surface area contributed by atoms with E-state index in [2.05, 4.69) is 50.7 Å². The Labute approximate surface area is 127 Å². The summed E-state index contributed by atoms with van der Waals surface area (Å²) in [6.07, 6.45) is 0.990. The van der Waals surface area contributed by atoms with Crippen LogP contribution in [-0.2, 0) is 6.42 Å². The van der Waals surface area contributed by atoms with E-state index in [1.54, 1.807) is 0 Å². The largest absolute Gasteiger partial charge is 0.358 e. The second-order valence-corrected chi connectivity index (χ2v) is 7.09. The smallest absolute Gasteiger partial charge is 0.222 e. The number of rotatable bonds is 1. The maximum absolute atomic E-state index is 7.65. The first kappa shape index (κ1) is 15.1. The van der Waals surface area contributed by atoms with Gasteiger partial charge < -0.3 is 9.88 Å². The summed E-state index contributed by atoms with van der Waals surface area (Å²) in [5, 5.41) is 1.24. The van der Waals surface area contributed by atoms with Crippen LogP contribution in [0.3, 0.4) is 0 Å². The zero-order valence-corrected chi connectivity index (χ0v) is 13.1. The second-order valence-electron chi connectivity index (χ2n) is 3.95. The van der Waals surface area contributed by atoms with E-state index >= 15 is 0 Å². The number of hydrogen-bond acceptors (Lipinski definition) is 2. The van der Waals surface area contributed by atoms with Crippen molar-refractivity contribution in [2.45, 2.75) is 6.42 Å². The second kappa shape index (κ2) is 6.92. The number of nitrogens with one attached hydrogen (secondary N) is 1. The highest BCUT2D eigenvalue weighted by atomic mass is 35.9. The number of hydrogen-bond donors (Lipinski definition) is 2. The fourth-order valence-electron chi connectivity index (χ4n) is 2.21. The normalized spacial score (nSPS) is 13.8. The number of H-pyrrole nitrogens is 1. The third-order valence-corrected chi connectivity index (χ3v) is 3.12. The number of aliphatic imine (C=N–C) groups is 1. The number of halogens is 3. The maximum atomic E-state index is 7.65. The molecule has 0 spiro atoms. The highest BCUT2D eigenvalue weighted by Gasteiger charge is 2.18. The lowest BCUT2D eigenvalue weighted by Gasteiger charge is -2.10. The van der Waals surface area contributed by atoms with Crippen LogP contribution >= 0.6 is 40.9 Å². The van der Waals surface area contributed by atoms with E-state index in [9.17, 15) is 0 Å². The zero-order valence-electron chi connectivity index (χ0n) is 9.91. The molecule has 7 heteroatoms. The maximum Gasteiger partial charge on any atom is 0.222 e. The van der Waals surface area contributed by atoms with Crippen molar-refractivity contribution in [1.82, 2.24) is 4.98 Å². The van der Waals surface area contributed by atoms with Crippen LogP contribution < -0.4 is 0 Å². The molecule has 1 aliphatic heterocycles. The number of para-hydroxylation sites is 1. The summed E-state index contributed by atoms with van der Waals surface area (Å²) < 4.78 is 0. The van der Waals surface area contributed by atoms with E-state index in [0.29, 0.717) is 5.88 Å². The molecule has 3 nitrogen and oxygen atoms in total. The van der Waals surface area contributed by atoms with Crippen molar-refractivity contribution in [3.05, 3.63) is 35.5 Å². The van der Waals surface area contributed by atoms with Crippen LogP contribution in [0.15, 0.2) is 29.3 Å². The summed E-state index contributed by atoms with van der Waals surface area (Å²) >= 11 is 15.2. The van der Waals surface area contributed by atoms with Gasteiger partial charge in [-0.2, -0.15) is 0 Å². The molecular formula is C12H12Cl3N2OP. The molecule has 0 radical (unpaired) electrons. The molecule has 0 aliphatic carbocycles. The molecule has 0 unspecified atom stereocenters. The lowest BCUT2D eigenvalue weighted by Crippen LogP contribution is -2.12. The van der Waals surface area contributed by atoms with Gasteiger partial charge in [-0.1, -0.05) is 18.2 Å². The van der Waals surface area contributed by atoms with Crippen LogP contribution in [0.5, 0.6) is 0 Å². The van der Waals surface area contributed by atoms with Crippen molar-refractivity contribution in [2.75, 3.05) is 12.4 Å². The molecule has 1 aromatic carbocycles. The predicted molar refractivity (Wildman–Crippen MR) is 85.0 cm³/mol. The highest BCUT2D eigenvalue weighted by molar-refractivity contribution is 7.99. The van der Waals surface area contributed by atoms with Gasteiger partial charge in [0, 0.05) is 35.1 Å². The minimum absolute atomic E-state index is 0.495. The third kappa shape index (κ3) is 3.62. The predicted octanol–water partition coefficient (Wildman–Crippen LogP) is 4.44. The minimum Gasteiger partial charge on any atom is -0.358 e. The monoisotopic (exact) mass is 336 g/mol. The lowest BCUT2D eigenvalue weighted by molar-refractivity contribution is 0.654. The Morgan fingerprint density at radius 2 is 2.00 bits per heavy atom. The number of aromatic nitrogens is 1. The molecule has 1 aromatic heterocycles. The molecular weight excluding hydrogens is 325 g/mol. The van der Waals surface area contributed by atoms with Gasteiger partial charge in [-0.3, -0.25) is 4.99 Å². The molecule has 19 heavy (non-hydrogen) atoms. The van der Waals surface area contributed by atoms with Gasteiger partial charge in [0.2, 0.25) is 6.85 Å². The van der Waals surface area contributed by atoms with Crippen molar-refractivity contribution in [2.24, 2.45) is 4.99 Å². The summed E-state index contributed by atoms with van der Waals surface area (Å²) in [5.41, 5.74) is 4.71. The molecule has 1 aliphatic rings. The van der Waals surface area contributed by atoms with E-state index < -0.39 is 6.85 Å².